The van der Waals surface area contributed by atoms with Gasteiger partial charge in [-0.05, 0) is 19.9 Å². The van der Waals surface area contributed by atoms with Crippen molar-refractivity contribution in [2.75, 3.05) is 19.7 Å². The zero-order chi connectivity index (χ0) is 9.61. The standard InChI is InChI=1S/C7H15F2NO2/c1-6(12)2-3-10-4-7(8,9)5-11/h6,10-12H,2-5H2,1H3. The van der Waals surface area contributed by atoms with Gasteiger partial charge >= 0.3 is 0 Å². The van der Waals surface area contributed by atoms with Gasteiger partial charge in [0.05, 0.1) is 12.6 Å². The maximum absolute atomic E-state index is 12.3. The zero-order valence-electron chi connectivity index (χ0n) is 7.06. The molecule has 3 nitrogen and oxygen atoms in total. The molecule has 0 rings (SSSR count). The molecule has 5 heteroatoms. The maximum atomic E-state index is 12.3. The second kappa shape index (κ2) is 5.40. The lowest BCUT2D eigenvalue weighted by atomic mass is 10.3. The Morgan fingerprint density at radius 3 is 2.50 bits per heavy atom. The first-order valence-corrected chi connectivity index (χ1v) is 3.85. The minimum absolute atomic E-state index is 0.327. The average molecular weight is 183 g/mol. The smallest absolute Gasteiger partial charge is 0.282 e. The molecule has 0 bridgehead atoms. The Bertz CT molecular complexity index is 120. The van der Waals surface area contributed by atoms with Gasteiger partial charge in [-0.3, -0.25) is 0 Å². The van der Waals surface area contributed by atoms with E-state index in [0.717, 1.165) is 0 Å². The van der Waals surface area contributed by atoms with E-state index in [-0.39, 0.29) is 0 Å². The van der Waals surface area contributed by atoms with E-state index in [9.17, 15) is 8.78 Å². The fraction of sp³-hybridized carbons (Fsp3) is 1.00. The van der Waals surface area contributed by atoms with E-state index in [2.05, 4.69) is 5.32 Å². The van der Waals surface area contributed by atoms with Crippen LogP contribution in [0.25, 0.3) is 0 Å². The second-order valence-corrected chi connectivity index (χ2v) is 2.83. The van der Waals surface area contributed by atoms with Gasteiger partial charge in [0.15, 0.2) is 0 Å². The van der Waals surface area contributed by atoms with Gasteiger partial charge in [0.2, 0.25) is 0 Å². The summed E-state index contributed by atoms with van der Waals surface area (Å²) in [7, 11) is 0. The summed E-state index contributed by atoms with van der Waals surface area (Å²) in [5, 5.41) is 19.4. The van der Waals surface area contributed by atoms with Gasteiger partial charge in [-0.25, -0.2) is 8.78 Å². The van der Waals surface area contributed by atoms with Crippen molar-refractivity contribution in [3.63, 3.8) is 0 Å². The van der Waals surface area contributed by atoms with Crippen LogP contribution in [0.3, 0.4) is 0 Å². The van der Waals surface area contributed by atoms with E-state index in [0.29, 0.717) is 13.0 Å². The van der Waals surface area contributed by atoms with Crippen LogP contribution < -0.4 is 5.32 Å². The van der Waals surface area contributed by atoms with Crippen LogP contribution in [0.2, 0.25) is 0 Å². The molecule has 0 aromatic carbocycles. The predicted octanol–water partition coefficient (Wildman–Crippen LogP) is -0.0255. The molecule has 0 aromatic heterocycles. The first-order chi connectivity index (χ1) is 5.48. The fourth-order valence-corrected chi connectivity index (χ4v) is 0.638. The Labute approximate surface area is 70.4 Å². The molecule has 0 aliphatic heterocycles. The quantitative estimate of drug-likeness (QED) is 0.507. The Balaban J connectivity index is 3.31. The van der Waals surface area contributed by atoms with Crippen LogP contribution >= 0.6 is 0 Å². The van der Waals surface area contributed by atoms with Crippen molar-refractivity contribution in [1.82, 2.24) is 5.32 Å². The van der Waals surface area contributed by atoms with Gasteiger partial charge < -0.3 is 15.5 Å². The van der Waals surface area contributed by atoms with Crippen molar-refractivity contribution in [3.8, 4) is 0 Å². The molecule has 0 aliphatic rings. The van der Waals surface area contributed by atoms with E-state index in [1.54, 1.807) is 6.92 Å². The SMILES string of the molecule is CC(O)CCNCC(F)(F)CO. The van der Waals surface area contributed by atoms with Crippen LogP contribution in [0.1, 0.15) is 13.3 Å². The third-order valence-electron chi connectivity index (χ3n) is 1.35. The lowest BCUT2D eigenvalue weighted by molar-refractivity contribution is -0.0477. The lowest BCUT2D eigenvalue weighted by Gasteiger charge is -2.14. The third-order valence-corrected chi connectivity index (χ3v) is 1.35. The van der Waals surface area contributed by atoms with Crippen LogP contribution in [0.5, 0.6) is 0 Å². The number of rotatable bonds is 6. The zero-order valence-corrected chi connectivity index (χ0v) is 7.06. The summed E-state index contributed by atoms with van der Waals surface area (Å²) in [6.07, 6.45) is -0.0538. The van der Waals surface area contributed by atoms with Gasteiger partial charge in [-0.15, -0.1) is 0 Å². The summed E-state index contributed by atoms with van der Waals surface area (Å²) >= 11 is 0. The number of nitrogens with one attached hydrogen (secondary N) is 1. The Hall–Kier alpha value is -0.260. The molecule has 1 atom stereocenters. The third kappa shape index (κ3) is 6.45. The number of hydrogen-bond donors (Lipinski definition) is 3. The monoisotopic (exact) mass is 183 g/mol. The molecule has 3 N–H and O–H groups in total. The van der Waals surface area contributed by atoms with Crippen LogP contribution in [0, 0.1) is 0 Å². The molecule has 0 saturated carbocycles. The first-order valence-electron chi connectivity index (χ1n) is 3.85. The number of alkyl halides is 2. The summed E-state index contributed by atoms with van der Waals surface area (Å²) in [5.41, 5.74) is 0. The highest BCUT2D eigenvalue weighted by Crippen LogP contribution is 2.09. The van der Waals surface area contributed by atoms with Crippen molar-refractivity contribution in [3.05, 3.63) is 0 Å². The molecule has 0 fully saturated rings. The van der Waals surface area contributed by atoms with E-state index in [4.69, 9.17) is 10.2 Å². The highest BCUT2D eigenvalue weighted by molar-refractivity contribution is 4.67. The number of aliphatic hydroxyl groups excluding tert-OH is 2. The summed E-state index contributed by atoms with van der Waals surface area (Å²) < 4.78 is 24.6. The molecule has 0 saturated heterocycles. The highest BCUT2D eigenvalue weighted by atomic mass is 19.3. The number of halogens is 2. The molecule has 0 aromatic rings. The molecule has 0 aliphatic carbocycles. The molecule has 12 heavy (non-hydrogen) atoms. The molecule has 1 unspecified atom stereocenters. The Morgan fingerprint density at radius 1 is 1.50 bits per heavy atom. The lowest BCUT2D eigenvalue weighted by Crippen LogP contribution is -2.36. The van der Waals surface area contributed by atoms with Crippen LogP contribution in [-0.2, 0) is 0 Å². The van der Waals surface area contributed by atoms with E-state index < -0.39 is 25.2 Å². The van der Waals surface area contributed by atoms with Crippen molar-refractivity contribution in [2.45, 2.75) is 25.4 Å². The van der Waals surface area contributed by atoms with Gasteiger partial charge in [-0.1, -0.05) is 0 Å². The van der Waals surface area contributed by atoms with Crippen molar-refractivity contribution >= 4 is 0 Å². The van der Waals surface area contributed by atoms with Crippen molar-refractivity contribution in [2.24, 2.45) is 0 Å². The van der Waals surface area contributed by atoms with Gasteiger partial charge in [0.1, 0.15) is 6.61 Å². The van der Waals surface area contributed by atoms with Gasteiger partial charge in [0.25, 0.3) is 5.92 Å². The Kier molecular flexibility index (Phi) is 5.28. The minimum Gasteiger partial charge on any atom is -0.393 e. The highest BCUT2D eigenvalue weighted by Gasteiger charge is 2.26. The fourth-order valence-electron chi connectivity index (χ4n) is 0.638. The molecular weight excluding hydrogens is 168 g/mol. The summed E-state index contributed by atoms with van der Waals surface area (Å²) in [5.74, 6) is -3.06. The van der Waals surface area contributed by atoms with Crippen LogP contribution in [0.15, 0.2) is 0 Å². The molecule has 0 amide bonds. The molecule has 0 radical (unpaired) electrons. The van der Waals surface area contributed by atoms with Crippen molar-refractivity contribution < 1.29 is 19.0 Å². The Morgan fingerprint density at radius 2 is 2.08 bits per heavy atom. The molecular formula is C7H15F2NO2. The molecule has 0 heterocycles. The van der Waals surface area contributed by atoms with E-state index in [1.165, 1.54) is 0 Å². The van der Waals surface area contributed by atoms with Crippen molar-refractivity contribution in [1.29, 1.82) is 0 Å². The topological polar surface area (TPSA) is 52.5 Å². The first kappa shape index (κ1) is 11.7. The van der Waals surface area contributed by atoms with E-state index >= 15 is 0 Å². The van der Waals surface area contributed by atoms with Crippen LogP contribution in [0.4, 0.5) is 8.78 Å². The molecule has 0 spiro atoms. The van der Waals surface area contributed by atoms with Crippen LogP contribution in [-0.4, -0.2) is 41.9 Å². The van der Waals surface area contributed by atoms with Gasteiger partial charge in [-0.2, -0.15) is 0 Å². The number of hydrogen-bond acceptors (Lipinski definition) is 3. The summed E-state index contributed by atoms with van der Waals surface area (Å²) in [4.78, 5) is 0. The van der Waals surface area contributed by atoms with E-state index in [1.807, 2.05) is 0 Å². The maximum Gasteiger partial charge on any atom is 0.282 e. The summed E-state index contributed by atoms with van der Waals surface area (Å²) in [6, 6.07) is 0. The van der Waals surface area contributed by atoms with Gasteiger partial charge in [0, 0.05) is 0 Å². The minimum atomic E-state index is -3.06. The normalized spacial score (nSPS) is 14.8. The summed E-state index contributed by atoms with van der Waals surface area (Å²) in [6.45, 7) is 0.226. The molecule has 74 valence electrons. The largest absolute Gasteiger partial charge is 0.393 e. The second-order valence-electron chi connectivity index (χ2n) is 2.83. The number of aliphatic hydroxyl groups is 2. The average Bonchev–Trinajstić information content (AvgIpc) is 1.98. The predicted molar refractivity (Wildman–Crippen MR) is 41.2 cm³/mol.